The zero-order chi connectivity index (χ0) is 20.7. The first-order valence-corrected chi connectivity index (χ1v) is 10.0. The fraction of sp³-hybridized carbons (Fsp3) is 0.533. The van der Waals surface area contributed by atoms with Crippen molar-refractivity contribution in [3.05, 3.63) is 33.9 Å². The Morgan fingerprint density at radius 3 is 2.57 bits per heavy atom. The van der Waals surface area contributed by atoms with Gasteiger partial charge in [-0.3, -0.25) is 4.90 Å². The number of benzene rings is 1. The van der Waals surface area contributed by atoms with Crippen molar-refractivity contribution in [2.75, 3.05) is 45.9 Å². The van der Waals surface area contributed by atoms with Crippen molar-refractivity contribution in [2.24, 2.45) is 16.7 Å². The Balaban J connectivity index is 2.11. The van der Waals surface area contributed by atoms with E-state index in [2.05, 4.69) is 9.94 Å². The normalized spacial score (nSPS) is 16.7. The minimum atomic E-state index is -3.76. The summed E-state index contributed by atoms with van der Waals surface area (Å²) in [7, 11) is -3.76. The molecule has 1 fully saturated rings. The summed E-state index contributed by atoms with van der Waals surface area (Å²) in [5.74, 6) is 5.60. The standard InChI is InChI=1S/C15H24N6O6S/c1-2-26-14-4-3-12(11-13(14)15(16)18-17)28(24,25)20-7-5-19(6-8-20)9-10-27-21(22)23/h3-4,11H,2,5-10,17H2,1H3,(H2,16,18). The van der Waals surface area contributed by atoms with Crippen LogP contribution in [0, 0.1) is 10.1 Å². The van der Waals surface area contributed by atoms with Gasteiger partial charge in [0, 0.05) is 32.7 Å². The molecule has 13 heteroatoms. The first-order chi connectivity index (χ1) is 13.3. The monoisotopic (exact) mass is 416 g/mol. The lowest BCUT2D eigenvalue weighted by Gasteiger charge is -2.33. The lowest BCUT2D eigenvalue weighted by molar-refractivity contribution is -0.757. The summed E-state index contributed by atoms with van der Waals surface area (Å²) in [5, 5.41) is 12.8. The molecular formula is C15H24N6O6S. The van der Waals surface area contributed by atoms with E-state index in [-0.39, 0.29) is 30.4 Å². The van der Waals surface area contributed by atoms with Crippen LogP contribution < -0.4 is 16.3 Å². The number of rotatable bonds is 9. The van der Waals surface area contributed by atoms with E-state index in [4.69, 9.17) is 16.3 Å². The predicted molar refractivity (Wildman–Crippen MR) is 101 cm³/mol. The molecule has 12 nitrogen and oxygen atoms in total. The van der Waals surface area contributed by atoms with Gasteiger partial charge < -0.3 is 21.2 Å². The van der Waals surface area contributed by atoms with Crippen molar-refractivity contribution in [2.45, 2.75) is 11.8 Å². The first-order valence-electron chi connectivity index (χ1n) is 8.60. The third-order valence-electron chi connectivity index (χ3n) is 4.24. The van der Waals surface area contributed by atoms with Crippen molar-refractivity contribution < 1.29 is 23.1 Å². The van der Waals surface area contributed by atoms with Crippen LogP contribution in [0.15, 0.2) is 28.2 Å². The number of nitrogens with two attached hydrogens (primary N) is 2. The van der Waals surface area contributed by atoms with Crippen LogP contribution in [0.4, 0.5) is 0 Å². The highest BCUT2D eigenvalue weighted by atomic mass is 32.2. The van der Waals surface area contributed by atoms with E-state index in [0.717, 1.165) is 0 Å². The van der Waals surface area contributed by atoms with Crippen LogP contribution in [0.5, 0.6) is 5.75 Å². The molecule has 0 atom stereocenters. The van der Waals surface area contributed by atoms with E-state index in [0.29, 0.717) is 37.6 Å². The Morgan fingerprint density at radius 1 is 1.32 bits per heavy atom. The van der Waals surface area contributed by atoms with E-state index in [1.807, 2.05) is 4.90 Å². The lowest BCUT2D eigenvalue weighted by atomic mass is 10.2. The molecule has 0 saturated carbocycles. The van der Waals surface area contributed by atoms with Gasteiger partial charge in [-0.05, 0) is 25.1 Å². The van der Waals surface area contributed by atoms with Gasteiger partial charge in [0.1, 0.15) is 12.4 Å². The van der Waals surface area contributed by atoms with E-state index in [1.165, 1.54) is 22.5 Å². The Hall–Kier alpha value is -2.64. The molecule has 156 valence electrons. The lowest BCUT2D eigenvalue weighted by Crippen LogP contribution is -2.49. The third-order valence-corrected chi connectivity index (χ3v) is 6.13. The third kappa shape index (κ3) is 5.21. The van der Waals surface area contributed by atoms with Crippen LogP contribution in [0.3, 0.4) is 0 Å². The number of piperazine rings is 1. The molecule has 1 aromatic carbocycles. The molecule has 1 heterocycles. The zero-order valence-electron chi connectivity index (χ0n) is 15.5. The van der Waals surface area contributed by atoms with Crippen LogP contribution in [0.1, 0.15) is 12.5 Å². The van der Waals surface area contributed by atoms with Gasteiger partial charge in [-0.1, -0.05) is 0 Å². The first kappa shape index (κ1) is 21.7. The molecular weight excluding hydrogens is 392 g/mol. The van der Waals surface area contributed by atoms with Gasteiger partial charge in [-0.25, -0.2) is 8.42 Å². The summed E-state index contributed by atoms with van der Waals surface area (Å²) in [6.07, 6.45) is 0. The summed E-state index contributed by atoms with van der Waals surface area (Å²) in [5.41, 5.74) is 6.08. The molecule has 28 heavy (non-hydrogen) atoms. The van der Waals surface area contributed by atoms with Gasteiger partial charge in [0.2, 0.25) is 10.0 Å². The number of nitrogens with zero attached hydrogens (tertiary/aromatic N) is 4. The highest BCUT2D eigenvalue weighted by molar-refractivity contribution is 7.89. The van der Waals surface area contributed by atoms with E-state index in [9.17, 15) is 18.5 Å². The van der Waals surface area contributed by atoms with E-state index < -0.39 is 15.1 Å². The Bertz CT molecular complexity index is 822. The topological polar surface area (TPSA) is 167 Å². The second kappa shape index (κ2) is 9.52. The zero-order valence-corrected chi connectivity index (χ0v) is 16.3. The van der Waals surface area contributed by atoms with Gasteiger partial charge in [-0.2, -0.15) is 9.41 Å². The van der Waals surface area contributed by atoms with Gasteiger partial charge in [0.25, 0.3) is 5.09 Å². The van der Waals surface area contributed by atoms with Crippen molar-refractivity contribution >= 4 is 15.9 Å². The summed E-state index contributed by atoms with van der Waals surface area (Å²) in [4.78, 5) is 16.4. The maximum absolute atomic E-state index is 13.0. The van der Waals surface area contributed by atoms with E-state index in [1.54, 1.807) is 6.92 Å². The van der Waals surface area contributed by atoms with Gasteiger partial charge >= 0.3 is 0 Å². The van der Waals surface area contributed by atoms with Gasteiger partial charge in [0.15, 0.2) is 5.84 Å². The Morgan fingerprint density at radius 2 is 2.00 bits per heavy atom. The number of ether oxygens (including phenoxy) is 1. The van der Waals surface area contributed by atoms with Crippen molar-refractivity contribution in [3.63, 3.8) is 0 Å². The largest absolute Gasteiger partial charge is 0.493 e. The highest BCUT2D eigenvalue weighted by Gasteiger charge is 2.29. The molecule has 1 aliphatic heterocycles. The summed E-state index contributed by atoms with van der Waals surface area (Å²) in [6.45, 7) is 3.85. The SMILES string of the molecule is CCOc1ccc(S(=O)(=O)N2CCN(CCO[N+](=O)[O-])CC2)cc1/C(N)=N/N. The number of sulfonamides is 1. The molecule has 1 aliphatic rings. The fourth-order valence-corrected chi connectivity index (χ4v) is 4.26. The molecule has 1 saturated heterocycles. The molecule has 0 spiro atoms. The van der Waals surface area contributed by atoms with Gasteiger partial charge in [-0.15, -0.1) is 10.1 Å². The molecule has 0 aliphatic carbocycles. The molecule has 0 radical (unpaired) electrons. The number of amidine groups is 1. The second-order valence-electron chi connectivity index (χ2n) is 5.91. The Labute approximate surface area is 162 Å². The van der Waals surface area contributed by atoms with E-state index >= 15 is 0 Å². The number of hydrogen-bond donors (Lipinski definition) is 2. The summed E-state index contributed by atoms with van der Waals surface area (Å²) < 4.78 is 32.7. The second-order valence-corrected chi connectivity index (χ2v) is 7.85. The van der Waals surface area contributed by atoms with Crippen LogP contribution in [0.2, 0.25) is 0 Å². The molecule has 1 aromatic rings. The quantitative estimate of drug-likeness (QED) is 0.172. The van der Waals surface area contributed by atoms with Crippen molar-refractivity contribution in [3.8, 4) is 5.75 Å². The highest BCUT2D eigenvalue weighted by Crippen LogP contribution is 2.25. The molecule has 0 aromatic heterocycles. The molecule has 2 rings (SSSR count). The van der Waals surface area contributed by atoms with Crippen LogP contribution >= 0.6 is 0 Å². The van der Waals surface area contributed by atoms with Crippen LogP contribution in [-0.4, -0.2) is 74.5 Å². The van der Waals surface area contributed by atoms with Crippen LogP contribution in [-0.2, 0) is 14.9 Å². The maximum Gasteiger partial charge on any atom is 0.294 e. The number of hydrogen-bond acceptors (Lipinski definition) is 9. The fourth-order valence-electron chi connectivity index (χ4n) is 2.81. The predicted octanol–water partition coefficient (Wildman–Crippen LogP) is -0.821. The minimum Gasteiger partial charge on any atom is -0.493 e. The van der Waals surface area contributed by atoms with Crippen molar-refractivity contribution in [1.29, 1.82) is 0 Å². The van der Waals surface area contributed by atoms with Crippen LogP contribution in [0.25, 0.3) is 0 Å². The molecule has 0 amide bonds. The molecule has 0 unspecified atom stereocenters. The van der Waals surface area contributed by atoms with Crippen molar-refractivity contribution in [1.82, 2.24) is 9.21 Å². The molecule has 4 N–H and O–H groups in total. The molecule has 0 bridgehead atoms. The number of hydrazone groups is 1. The van der Waals surface area contributed by atoms with Gasteiger partial charge in [0.05, 0.1) is 17.1 Å². The maximum atomic E-state index is 13.0. The average molecular weight is 416 g/mol. The minimum absolute atomic E-state index is 0.0314. The summed E-state index contributed by atoms with van der Waals surface area (Å²) >= 11 is 0. The smallest absolute Gasteiger partial charge is 0.294 e. The Kier molecular flexibility index (Phi) is 7.37. The summed E-state index contributed by atoms with van der Waals surface area (Å²) in [6, 6.07) is 4.36. The average Bonchev–Trinajstić information content (AvgIpc) is 2.68.